The van der Waals surface area contributed by atoms with Crippen LogP contribution < -0.4 is 5.32 Å². The summed E-state index contributed by atoms with van der Waals surface area (Å²) in [4.78, 5) is 4.35. The molecule has 33 heavy (non-hydrogen) atoms. The summed E-state index contributed by atoms with van der Waals surface area (Å²) in [6.45, 7) is 1.16. The Kier molecular flexibility index (Phi) is 6.13. The van der Waals surface area contributed by atoms with Crippen molar-refractivity contribution in [2.24, 2.45) is 0 Å². The molecule has 5 rings (SSSR count). The summed E-state index contributed by atoms with van der Waals surface area (Å²) in [7, 11) is 0. The highest BCUT2D eigenvalue weighted by Crippen LogP contribution is 2.30. The number of hydrogen-bond acceptors (Lipinski definition) is 4. The predicted molar refractivity (Wildman–Crippen MR) is 125 cm³/mol. The van der Waals surface area contributed by atoms with Crippen molar-refractivity contribution in [3.05, 3.63) is 89.4 Å². The van der Waals surface area contributed by atoms with Gasteiger partial charge in [0.1, 0.15) is 11.6 Å². The van der Waals surface area contributed by atoms with Gasteiger partial charge in [-0.1, -0.05) is 12.1 Å². The van der Waals surface area contributed by atoms with Crippen LogP contribution in [0.5, 0.6) is 0 Å². The minimum atomic E-state index is -0.608. The van der Waals surface area contributed by atoms with Crippen LogP contribution in [0.25, 0.3) is 23.1 Å². The number of anilines is 1. The Bertz CT molecular complexity index is 1260. The Morgan fingerprint density at radius 1 is 1.03 bits per heavy atom. The largest absolute Gasteiger partial charge is 0.381 e. The lowest BCUT2D eigenvalue weighted by molar-refractivity contribution is -0.0367. The van der Waals surface area contributed by atoms with Crippen molar-refractivity contribution in [3.8, 4) is 0 Å². The first-order valence-electron chi connectivity index (χ1n) is 11.1. The SMILES string of the molecule is Fc1cc(F)cc(NCc2ccc3c(c2)c(C=Cc2ccccn2)nn3C2CCCCO2)c1. The van der Waals surface area contributed by atoms with E-state index in [1.54, 1.807) is 6.20 Å². The molecule has 1 unspecified atom stereocenters. The Hall–Kier alpha value is -3.58. The van der Waals surface area contributed by atoms with E-state index in [1.807, 2.05) is 47.2 Å². The third kappa shape index (κ3) is 4.93. The number of ether oxygens (including phenoxy) is 1. The maximum Gasteiger partial charge on any atom is 0.150 e. The zero-order valence-corrected chi connectivity index (χ0v) is 18.0. The molecule has 168 valence electrons. The minimum absolute atomic E-state index is 0.0857. The van der Waals surface area contributed by atoms with E-state index in [0.717, 1.165) is 59.8 Å². The quantitative estimate of drug-likeness (QED) is 0.384. The van der Waals surface area contributed by atoms with Gasteiger partial charge in [-0.05, 0) is 73.4 Å². The van der Waals surface area contributed by atoms with Gasteiger partial charge in [-0.2, -0.15) is 5.10 Å². The average molecular weight is 447 g/mol. The molecule has 1 atom stereocenters. The second kappa shape index (κ2) is 9.50. The predicted octanol–water partition coefficient (Wildman–Crippen LogP) is 6.19. The monoisotopic (exact) mass is 446 g/mol. The number of benzene rings is 2. The standard InChI is InChI=1S/C26H24F2N4O/c27-19-14-20(28)16-22(15-19)30-17-18-7-10-25-23(13-18)24(9-8-21-5-1-3-11-29-21)31-32(25)26-6-2-4-12-33-26/h1,3,5,7-11,13-16,26,30H,2,4,6,12,17H2. The fraction of sp³-hybridized carbons (Fsp3) is 0.231. The first-order chi connectivity index (χ1) is 16.2. The summed E-state index contributed by atoms with van der Waals surface area (Å²) >= 11 is 0. The Morgan fingerprint density at radius 2 is 1.91 bits per heavy atom. The molecule has 1 aliphatic rings. The molecule has 1 saturated heterocycles. The highest BCUT2D eigenvalue weighted by atomic mass is 19.1. The van der Waals surface area contributed by atoms with Gasteiger partial charge in [0.2, 0.25) is 0 Å². The topological polar surface area (TPSA) is 52.0 Å². The molecule has 4 aromatic rings. The third-order valence-electron chi connectivity index (χ3n) is 5.69. The van der Waals surface area contributed by atoms with Crippen LogP contribution in [0.1, 0.15) is 42.4 Å². The molecule has 1 aliphatic heterocycles. The van der Waals surface area contributed by atoms with Crippen molar-refractivity contribution in [2.45, 2.75) is 32.0 Å². The lowest BCUT2D eigenvalue weighted by Crippen LogP contribution is -2.19. The van der Waals surface area contributed by atoms with Gasteiger partial charge < -0.3 is 10.1 Å². The average Bonchev–Trinajstić information content (AvgIpc) is 3.20. The van der Waals surface area contributed by atoms with E-state index in [9.17, 15) is 8.78 Å². The molecule has 7 heteroatoms. The molecule has 2 aromatic heterocycles. The van der Waals surface area contributed by atoms with Crippen LogP contribution in [0.4, 0.5) is 14.5 Å². The lowest BCUT2D eigenvalue weighted by atomic mass is 10.1. The molecule has 1 fully saturated rings. The second-order valence-corrected chi connectivity index (χ2v) is 8.10. The first kappa shape index (κ1) is 21.3. The van der Waals surface area contributed by atoms with Crippen molar-refractivity contribution >= 4 is 28.7 Å². The van der Waals surface area contributed by atoms with Crippen LogP contribution in [-0.4, -0.2) is 21.4 Å². The number of halogens is 2. The summed E-state index contributed by atoms with van der Waals surface area (Å²) in [6.07, 6.45) is 8.67. The summed E-state index contributed by atoms with van der Waals surface area (Å²) in [5.41, 5.74) is 4.03. The van der Waals surface area contributed by atoms with E-state index < -0.39 is 11.6 Å². The van der Waals surface area contributed by atoms with E-state index >= 15 is 0 Å². The van der Waals surface area contributed by atoms with Crippen molar-refractivity contribution in [2.75, 3.05) is 11.9 Å². The molecule has 0 radical (unpaired) electrons. The summed E-state index contributed by atoms with van der Waals surface area (Å²) in [5, 5.41) is 8.95. The third-order valence-corrected chi connectivity index (χ3v) is 5.69. The van der Waals surface area contributed by atoms with E-state index in [2.05, 4.69) is 16.4 Å². The molecule has 2 aromatic carbocycles. The molecule has 0 saturated carbocycles. The fourth-order valence-corrected chi connectivity index (χ4v) is 4.08. The van der Waals surface area contributed by atoms with Crippen molar-refractivity contribution < 1.29 is 13.5 Å². The molecular weight excluding hydrogens is 422 g/mol. The number of nitrogens with one attached hydrogen (secondary N) is 1. The molecular formula is C26H24F2N4O. The van der Waals surface area contributed by atoms with Crippen LogP contribution in [0.2, 0.25) is 0 Å². The maximum atomic E-state index is 13.5. The molecule has 0 bridgehead atoms. The minimum Gasteiger partial charge on any atom is -0.381 e. The van der Waals surface area contributed by atoms with Crippen LogP contribution in [-0.2, 0) is 11.3 Å². The fourth-order valence-electron chi connectivity index (χ4n) is 4.08. The van der Waals surface area contributed by atoms with Crippen LogP contribution in [0.15, 0.2) is 60.8 Å². The molecule has 1 N–H and O–H groups in total. The van der Waals surface area contributed by atoms with Gasteiger partial charge >= 0.3 is 0 Å². The van der Waals surface area contributed by atoms with E-state index in [0.29, 0.717) is 12.2 Å². The van der Waals surface area contributed by atoms with E-state index in [4.69, 9.17) is 9.84 Å². The Morgan fingerprint density at radius 3 is 2.67 bits per heavy atom. The summed E-state index contributed by atoms with van der Waals surface area (Å²) in [6, 6.07) is 15.3. The van der Waals surface area contributed by atoms with E-state index in [1.165, 1.54) is 12.1 Å². The first-order valence-corrected chi connectivity index (χ1v) is 11.1. The molecule has 0 spiro atoms. The Labute approximate surface area is 190 Å². The number of aromatic nitrogens is 3. The number of nitrogens with zero attached hydrogens (tertiary/aromatic N) is 3. The second-order valence-electron chi connectivity index (χ2n) is 8.10. The van der Waals surface area contributed by atoms with Crippen LogP contribution in [0.3, 0.4) is 0 Å². The van der Waals surface area contributed by atoms with Gasteiger partial charge in [-0.15, -0.1) is 0 Å². The molecule has 0 aliphatic carbocycles. The molecule has 5 nitrogen and oxygen atoms in total. The van der Waals surface area contributed by atoms with Crippen molar-refractivity contribution in [1.82, 2.24) is 14.8 Å². The smallest absolute Gasteiger partial charge is 0.150 e. The van der Waals surface area contributed by atoms with Crippen LogP contribution >= 0.6 is 0 Å². The maximum absolute atomic E-state index is 13.5. The van der Waals surface area contributed by atoms with Gasteiger partial charge in [-0.25, -0.2) is 13.5 Å². The molecule has 0 amide bonds. The van der Waals surface area contributed by atoms with E-state index in [-0.39, 0.29) is 6.23 Å². The number of fused-ring (bicyclic) bond motifs is 1. The summed E-state index contributed by atoms with van der Waals surface area (Å²) < 4.78 is 35.0. The van der Waals surface area contributed by atoms with Gasteiger partial charge in [0.05, 0.1) is 16.9 Å². The normalized spacial score (nSPS) is 16.5. The van der Waals surface area contributed by atoms with Gasteiger partial charge in [0.25, 0.3) is 0 Å². The highest BCUT2D eigenvalue weighted by Gasteiger charge is 2.20. The van der Waals surface area contributed by atoms with Crippen molar-refractivity contribution in [3.63, 3.8) is 0 Å². The van der Waals surface area contributed by atoms with Gasteiger partial charge in [-0.3, -0.25) is 4.98 Å². The van der Waals surface area contributed by atoms with Gasteiger partial charge in [0, 0.05) is 36.5 Å². The number of hydrogen-bond donors (Lipinski definition) is 1. The number of rotatable bonds is 6. The van der Waals surface area contributed by atoms with Gasteiger partial charge in [0.15, 0.2) is 6.23 Å². The Balaban J connectivity index is 1.47. The molecule has 3 heterocycles. The highest BCUT2D eigenvalue weighted by molar-refractivity contribution is 5.90. The van der Waals surface area contributed by atoms with Crippen LogP contribution in [0, 0.1) is 11.6 Å². The zero-order valence-electron chi connectivity index (χ0n) is 18.0. The summed E-state index contributed by atoms with van der Waals surface area (Å²) in [5.74, 6) is -1.22. The zero-order chi connectivity index (χ0) is 22.6. The lowest BCUT2D eigenvalue weighted by Gasteiger charge is -2.23. The van der Waals surface area contributed by atoms with Crippen molar-refractivity contribution in [1.29, 1.82) is 0 Å². The number of pyridine rings is 1.